The molecule has 158 valence electrons. The van der Waals surface area contributed by atoms with E-state index in [2.05, 4.69) is 46.8 Å². The van der Waals surface area contributed by atoms with Crippen LogP contribution in [0.5, 0.6) is 5.75 Å². The van der Waals surface area contributed by atoms with E-state index in [-0.39, 0.29) is 16.9 Å². The van der Waals surface area contributed by atoms with Crippen LogP contribution in [0.15, 0.2) is 50.8 Å². The summed E-state index contributed by atoms with van der Waals surface area (Å²) in [6.07, 6.45) is 1.61. The molecule has 0 aliphatic rings. The standard InChI is InChI=1S/C23H25BrClN3O2/c1-14(2)21-27-19-8-7-16(24)11-17(19)22(29)28(21)26-12-15-6-9-20(18(25)10-15)30-13-23(3,4)5/h6-12,14H,13H2,1-5H3. The smallest absolute Gasteiger partial charge is 0.282 e. The number of hydrogen-bond donors (Lipinski definition) is 0. The molecular formula is C23H25BrClN3O2. The number of benzene rings is 2. The van der Waals surface area contributed by atoms with Crippen molar-refractivity contribution in [1.82, 2.24) is 9.66 Å². The van der Waals surface area contributed by atoms with Crippen LogP contribution in [0.25, 0.3) is 10.9 Å². The van der Waals surface area contributed by atoms with Crippen LogP contribution < -0.4 is 10.3 Å². The van der Waals surface area contributed by atoms with Crippen molar-refractivity contribution < 1.29 is 4.74 Å². The topological polar surface area (TPSA) is 56.5 Å². The van der Waals surface area contributed by atoms with Crippen LogP contribution in [0.4, 0.5) is 0 Å². The molecule has 0 unspecified atom stereocenters. The number of hydrogen-bond acceptors (Lipinski definition) is 4. The average molecular weight is 491 g/mol. The largest absolute Gasteiger partial charge is 0.491 e. The molecule has 1 aromatic heterocycles. The van der Waals surface area contributed by atoms with Gasteiger partial charge in [-0.05, 0) is 47.4 Å². The summed E-state index contributed by atoms with van der Waals surface area (Å²) in [5, 5.41) is 5.44. The summed E-state index contributed by atoms with van der Waals surface area (Å²) in [4.78, 5) is 17.7. The lowest BCUT2D eigenvalue weighted by Gasteiger charge is -2.19. The molecule has 0 aliphatic heterocycles. The van der Waals surface area contributed by atoms with Gasteiger partial charge in [0.25, 0.3) is 5.56 Å². The first kappa shape index (κ1) is 22.5. The zero-order chi connectivity index (χ0) is 22.1. The quantitative estimate of drug-likeness (QED) is 0.398. The highest BCUT2D eigenvalue weighted by Crippen LogP contribution is 2.27. The number of nitrogens with zero attached hydrogens (tertiary/aromatic N) is 3. The van der Waals surface area contributed by atoms with Gasteiger partial charge in [-0.25, -0.2) is 4.98 Å². The third-order valence-electron chi connectivity index (χ3n) is 4.29. The summed E-state index contributed by atoms with van der Waals surface area (Å²) >= 11 is 9.79. The Hall–Kier alpha value is -2.18. The second-order valence-electron chi connectivity index (χ2n) is 8.69. The summed E-state index contributed by atoms with van der Waals surface area (Å²) in [6.45, 7) is 10.8. The summed E-state index contributed by atoms with van der Waals surface area (Å²) in [6, 6.07) is 10.9. The molecule has 5 nitrogen and oxygen atoms in total. The third-order valence-corrected chi connectivity index (χ3v) is 5.08. The first-order chi connectivity index (χ1) is 14.0. The van der Waals surface area contributed by atoms with Gasteiger partial charge in [0.15, 0.2) is 0 Å². The molecule has 1 heterocycles. The summed E-state index contributed by atoms with van der Waals surface area (Å²) in [5.41, 5.74) is 1.24. The van der Waals surface area contributed by atoms with Gasteiger partial charge in [0, 0.05) is 10.4 Å². The minimum absolute atomic E-state index is 0.0275. The van der Waals surface area contributed by atoms with Crippen molar-refractivity contribution in [3.05, 3.63) is 67.6 Å². The molecule has 3 aromatic rings. The molecule has 0 aliphatic carbocycles. The third kappa shape index (κ3) is 5.29. The van der Waals surface area contributed by atoms with Crippen LogP contribution in [0.1, 0.15) is 51.9 Å². The second kappa shape index (κ2) is 8.90. The zero-order valence-electron chi connectivity index (χ0n) is 17.7. The molecule has 0 atom stereocenters. The predicted octanol–water partition coefficient (Wildman–Crippen LogP) is 6.24. The molecule has 0 spiro atoms. The van der Waals surface area contributed by atoms with E-state index in [0.717, 1.165) is 10.0 Å². The normalized spacial score (nSPS) is 12.3. The average Bonchev–Trinajstić information content (AvgIpc) is 2.66. The monoisotopic (exact) mass is 489 g/mol. The predicted molar refractivity (Wildman–Crippen MR) is 127 cm³/mol. The Balaban J connectivity index is 1.97. The van der Waals surface area contributed by atoms with Crippen LogP contribution in [-0.4, -0.2) is 22.5 Å². The fourth-order valence-electron chi connectivity index (χ4n) is 2.78. The van der Waals surface area contributed by atoms with E-state index in [4.69, 9.17) is 16.3 Å². The highest BCUT2D eigenvalue weighted by atomic mass is 79.9. The van der Waals surface area contributed by atoms with Crippen molar-refractivity contribution in [2.45, 2.75) is 40.5 Å². The van der Waals surface area contributed by atoms with Gasteiger partial charge in [0.05, 0.1) is 28.7 Å². The molecule has 0 amide bonds. The Bertz CT molecular complexity index is 1160. The Morgan fingerprint density at radius 3 is 2.60 bits per heavy atom. The Morgan fingerprint density at radius 1 is 1.23 bits per heavy atom. The SMILES string of the molecule is CC(C)c1nc2ccc(Br)cc2c(=O)n1N=Cc1ccc(OCC(C)(C)C)c(Cl)c1. The molecule has 0 fully saturated rings. The van der Waals surface area contributed by atoms with E-state index in [1.54, 1.807) is 18.3 Å². The molecule has 7 heteroatoms. The Labute approximate surface area is 189 Å². The molecule has 0 N–H and O–H groups in total. The van der Waals surface area contributed by atoms with Crippen LogP contribution in [0.3, 0.4) is 0 Å². The molecule has 0 saturated heterocycles. The lowest BCUT2D eigenvalue weighted by Crippen LogP contribution is -2.23. The number of aromatic nitrogens is 2. The summed E-state index contributed by atoms with van der Waals surface area (Å²) in [7, 11) is 0. The maximum atomic E-state index is 13.1. The maximum absolute atomic E-state index is 13.1. The fraction of sp³-hybridized carbons (Fsp3) is 0.348. The van der Waals surface area contributed by atoms with E-state index in [0.29, 0.717) is 34.1 Å². The van der Waals surface area contributed by atoms with Gasteiger partial charge < -0.3 is 4.74 Å². The van der Waals surface area contributed by atoms with Crippen molar-refractivity contribution >= 4 is 44.6 Å². The Kier molecular flexibility index (Phi) is 6.68. The molecular weight excluding hydrogens is 466 g/mol. The van der Waals surface area contributed by atoms with E-state index < -0.39 is 0 Å². The van der Waals surface area contributed by atoms with Crippen LogP contribution in [0, 0.1) is 5.41 Å². The van der Waals surface area contributed by atoms with Crippen molar-refractivity contribution in [3.8, 4) is 5.75 Å². The van der Waals surface area contributed by atoms with Crippen molar-refractivity contribution in [2.75, 3.05) is 6.61 Å². The highest BCUT2D eigenvalue weighted by molar-refractivity contribution is 9.10. The Morgan fingerprint density at radius 2 is 1.97 bits per heavy atom. The number of halogens is 2. The maximum Gasteiger partial charge on any atom is 0.282 e. The van der Waals surface area contributed by atoms with Gasteiger partial charge in [-0.1, -0.05) is 62.1 Å². The van der Waals surface area contributed by atoms with Crippen molar-refractivity contribution in [2.24, 2.45) is 10.5 Å². The fourth-order valence-corrected chi connectivity index (χ4v) is 3.39. The van der Waals surface area contributed by atoms with Gasteiger partial charge in [0.2, 0.25) is 0 Å². The molecule has 0 bridgehead atoms. The van der Waals surface area contributed by atoms with Gasteiger partial charge in [0.1, 0.15) is 11.6 Å². The van der Waals surface area contributed by atoms with Crippen LogP contribution in [-0.2, 0) is 0 Å². The summed E-state index contributed by atoms with van der Waals surface area (Å²) < 4.78 is 7.98. The molecule has 0 radical (unpaired) electrons. The number of ether oxygens (including phenoxy) is 1. The zero-order valence-corrected chi connectivity index (χ0v) is 20.1. The number of fused-ring (bicyclic) bond motifs is 1. The van der Waals surface area contributed by atoms with E-state index in [1.807, 2.05) is 38.1 Å². The first-order valence-electron chi connectivity index (χ1n) is 9.74. The van der Waals surface area contributed by atoms with Crippen LogP contribution >= 0.6 is 27.5 Å². The minimum Gasteiger partial charge on any atom is -0.491 e. The van der Waals surface area contributed by atoms with Gasteiger partial charge in [-0.15, -0.1) is 0 Å². The van der Waals surface area contributed by atoms with E-state index in [1.165, 1.54) is 4.68 Å². The van der Waals surface area contributed by atoms with Crippen molar-refractivity contribution in [1.29, 1.82) is 0 Å². The van der Waals surface area contributed by atoms with Crippen molar-refractivity contribution in [3.63, 3.8) is 0 Å². The van der Waals surface area contributed by atoms with E-state index >= 15 is 0 Å². The molecule has 30 heavy (non-hydrogen) atoms. The van der Waals surface area contributed by atoms with Crippen LogP contribution in [0.2, 0.25) is 5.02 Å². The second-order valence-corrected chi connectivity index (χ2v) is 10.0. The van der Waals surface area contributed by atoms with Gasteiger partial charge in [-0.3, -0.25) is 4.79 Å². The molecule has 2 aromatic carbocycles. The molecule has 0 saturated carbocycles. The minimum atomic E-state index is -0.211. The first-order valence-corrected chi connectivity index (χ1v) is 10.9. The lowest BCUT2D eigenvalue weighted by molar-refractivity contribution is 0.198. The van der Waals surface area contributed by atoms with Gasteiger partial charge >= 0.3 is 0 Å². The van der Waals surface area contributed by atoms with E-state index in [9.17, 15) is 4.79 Å². The lowest BCUT2D eigenvalue weighted by atomic mass is 9.99. The highest BCUT2D eigenvalue weighted by Gasteiger charge is 2.14. The summed E-state index contributed by atoms with van der Waals surface area (Å²) in [5.74, 6) is 1.25. The number of rotatable bonds is 5. The molecule has 3 rings (SSSR count). The van der Waals surface area contributed by atoms with Gasteiger partial charge in [-0.2, -0.15) is 9.78 Å².